The van der Waals surface area contributed by atoms with Gasteiger partial charge in [0.05, 0.1) is 13.7 Å². The number of hydrogen-bond donors (Lipinski definition) is 1. The van der Waals surface area contributed by atoms with Gasteiger partial charge >= 0.3 is 0 Å². The van der Waals surface area contributed by atoms with Crippen LogP contribution in [0.2, 0.25) is 0 Å². The van der Waals surface area contributed by atoms with Crippen molar-refractivity contribution in [3.63, 3.8) is 0 Å². The molecule has 3 nitrogen and oxygen atoms in total. The summed E-state index contributed by atoms with van der Waals surface area (Å²) < 4.78 is 5.02. The highest BCUT2D eigenvalue weighted by molar-refractivity contribution is 5.34. The van der Waals surface area contributed by atoms with E-state index in [0.717, 1.165) is 11.3 Å². The fourth-order valence-electron chi connectivity index (χ4n) is 0.957. The molecule has 0 fully saturated rings. The summed E-state index contributed by atoms with van der Waals surface area (Å²) in [5.74, 6) is 0.694. The summed E-state index contributed by atoms with van der Waals surface area (Å²) >= 11 is 0. The van der Waals surface area contributed by atoms with E-state index >= 15 is 0 Å². The molecule has 0 aliphatic heterocycles. The van der Waals surface area contributed by atoms with Crippen LogP contribution in [0.1, 0.15) is 11.3 Å². The molecule has 1 rings (SSSR count). The van der Waals surface area contributed by atoms with Crippen molar-refractivity contribution in [1.82, 2.24) is 4.98 Å². The number of rotatable bonds is 2. The molecule has 0 amide bonds. The van der Waals surface area contributed by atoms with Gasteiger partial charge in [0.2, 0.25) is 0 Å². The van der Waals surface area contributed by atoms with Crippen molar-refractivity contribution in [3.8, 4) is 5.75 Å². The van der Waals surface area contributed by atoms with Gasteiger partial charge in [-0.3, -0.25) is 4.98 Å². The lowest BCUT2D eigenvalue weighted by Crippen LogP contribution is -1.96. The van der Waals surface area contributed by atoms with Crippen molar-refractivity contribution < 1.29 is 9.84 Å². The van der Waals surface area contributed by atoms with Gasteiger partial charge in [0, 0.05) is 17.5 Å². The van der Waals surface area contributed by atoms with E-state index in [2.05, 4.69) is 4.98 Å². The van der Waals surface area contributed by atoms with Crippen molar-refractivity contribution in [2.75, 3.05) is 7.11 Å². The number of nitrogens with zero attached hydrogens (tertiary/aromatic N) is 1. The van der Waals surface area contributed by atoms with Gasteiger partial charge in [-0.2, -0.15) is 0 Å². The van der Waals surface area contributed by atoms with Crippen LogP contribution in [0, 0.1) is 6.92 Å². The zero-order chi connectivity index (χ0) is 8.27. The van der Waals surface area contributed by atoms with E-state index in [0.29, 0.717) is 5.75 Å². The second-order valence-electron chi connectivity index (χ2n) is 2.24. The summed E-state index contributed by atoms with van der Waals surface area (Å²) in [6.07, 6.45) is 1.66. The molecule has 60 valence electrons. The Morgan fingerprint density at radius 1 is 1.64 bits per heavy atom. The number of pyridine rings is 1. The Labute approximate surface area is 65.7 Å². The normalized spacial score (nSPS) is 9.73. The number of methoxy groups -OCH3 is 1. The zero-order valence-electron chi connectivity index (χ0n) is 6.66. The van der Waals surface area contributed by atoms with Crippen LogP contribution in [0.25, 0.3) is 0 Å². The van der Waals surface area contributed by atoms with Gasteiger partial charge in [0.25, 0.3) is 0 Å². The van der Waals surface area contributed by atoms with Gasteiger partial charge in [0.1, 0.15) is 5.75 Å². The third-order valence-corrected chi connectivity index (χ3v) is 1.61. The van der Waals surface area contributed by atoms with Crippen LogP contribution in [0.5, 0.6) is 5.75 Å². The van der Waals surface area contributed by atoms with Crippen LogP contribution in [-0.4, -0.2) is 17.2 Å². The maximum Gasteiger partial charge on any atom is 0.127 e. The molecule has 0 unspecified atom stereocenters. The van der Waals surface area contributed by atoms with Gasteiger partial charge < -0.3 is 9.84 Å². The molecular weight excluding hydrogens is 142 g/mol. The highest BCUT2D eigenvalue weighted by Gasteiger charge is 2.03. The lowest BCUT2D eigenvalue weighted by molar-refractivity contribution is 0.272. The highest BCUT2D eigenvalue weighted by atomic mass is 16.5. The lowest BCUT2D eigenvalue weighted by Gasteiger charge is -2.06. The second kappa shape index (κ2) is 3.34. The molecule has 0 radical (unpaired) electrons. The minimum absolute atomic E-state index is 0.0250. The molecule has 1 N–H and O–H groups in total. The van der Waals surface area contributed by atoms with Gasteiger partial charge in [0.15, 0.2) is 0 Å². The van der Waals surface area contributed by atoms with Crippen LogP contribution in [0.3, 0.4) is 0 Å². The monoisotopic (exact) mass is 153 g/mol. The average molecular weight is 153 g/mol. The third kappa shape index (κ3) is 1.49. The summed E-state index contributed by atoms with van der Waals surface area (Å²) in [5, 5.41) is 8.91. The summed E-state index contributed by atoms with van der Waals surface area (Å²) in [5.41, 5.74) is 1.57. The van der Waals surface area contributed by atoms with Crippen LogP contribution >= 0.6 is 0 Å². The third-order valence-electron chi connectivity index (χ3n) is 1.61. The minimum atomic E-state index is -0.0250. The van der Waals surface area contributed by atoms with Gasteiger partial charge in [-0.25, -0.2) is 0 Å². The van der Waals surface area contributed by atoms with Gasteiger partial charge in [-0.15, -0.1) is 0 Å². The van der Waals surface area contributed by atoms with Crippen LogP contribution in [-0.2, 0) is 6.61 Å². The maximum atomic E-state index is 8.91. The van der Waals surface area contributed by atoms with Crippen molar-refractivity contribution >= 4 is 0 Å². The number of aromatic nitrogens is 1. The number of aliphatic hydroxyl groups excluding tert-OH is 1. The molecule has 0 spiro atoms. The first-order chi connectivity index (χ1) is 5.29. The molecule has 1 aromatic heterocycles. The smallest absolute Gasteiger partial charge is 0.127 e. The minimum Gasteiger partial charge on any atom is -0.496 e. The number of aliphatic hydroxyl groups is 1. The number of aryl methyl sites for hydroxylation is 1. The maximum absolute atomic E-state index is 8.91. The van der Waals surface area contributed by atoms with E-state index < -0.39 is 0 Å². The molecule has 11 heavy (non-hydrogen) atoms. The Morgan fingerprint density at radius 2 is 2.36 bits per heavy atom. The molecule has 0 aromatic carbocycles. The van der Waals surface area contributed by atoms with E-state index in [4.69, 9.17) is 9.84 Å². The molecule has 0 saturated heterocycles. The summed E-state index contributed by atoms with van der Waals surface area (Å²) in [4.78, 5) is 4.02. The van der Waals surface area contributed by atoms with E-state index in [9.17, 15) is 0 Å². The molecule has 0 saturated carbocycles. The first kappa shape index (κ1) is 8.01. The van der Waals surface area contributed by atoms with Crippen molar-refractivity contribution in [2.45, 2.75) is 13.5 Å². The molecule has 0 atom stereocenters. The van der Waals surface area contributed by atoms with Crippen LogP contribution in [0.15, 0.2) is 12.3 Å². The van der Waals surface area contributed by atoms with Gasteiger partial charge in [-0.05, 0) is 13.0 Å². The average Bonchev–Trinajstić information content (AvgIpc) is 2.04. The molecular formula is C8H11NO2. The highest BCUT2D eigenvalue weighted by Crippen LogP contribution is 2.18. The quantitative estimate of drug-likeness (QED) is 0.686. The van der Waals surface area contributed by atoms with E-state index in [1.807, 2.05) is 6.92 Å². The largest absolute Gasteiger partial charge is 0.496 e. The predicted molar refractivity (Wildman–Crippen MR) is 41.4 cm³/mol. The Kier molecular flexibility index (Phi) is 2.44. The predicted octanol–water partition coefficient (Wildman–Crippen LogP) is 0.891. The SMILES string of the molecule is COc1ccnc(C)c1CO. The standard InChI is InChI=1S/C8H11NO2/c1-6-7(5-10)8(11-2)3-4-9-6/h3-4,10H,5H2,1-2H3. The number of ether oxygens (including phenoxy) is 1. The van der Waals surface area contributed by atoms with Crippen molar-refractivity contribution in [1.29, 1.82) is 0 Å². The molecule has 0 aliphatic carbocycles. The van der Waals surface area contributed by atoms with E-state index in [-0.39, 0.29) is 6.61 Å². The van der Waals surface area contributed by atoms with Crippen molar-refractivity contribution in [2.24, 2.45) is 0 Å². The Balaban J connectivity index is 3.13. The summed E-state index contributed by atoms with van der Waals surface area (Å²) in [6.45, 7) is 1.82. The van der Waals surface area contributed by atoms with E-state index in [1.165, 1.54) is 0 Å². The molecule has 0 aliphatic rings. The lowest BCUT2D eigenvalue weighted by atomic mass is 10.2. The van der Waals surface area contributed by atoms with Gasteiger partial charge in [-0.1, -0.05) is 0 Å². The molecule has 1 aromatic rings. The van der Waals surface area contributed by atoms with Crippen LogP contribution in [0.4, 0.5) is 0 Å². The summed E-state index contributed by atoms with van der Waals surface area (Å²) in [7, 11) is 1.58. The Hall–Kier alpha value is -1.09. The fraction of sp³-hybridized carbons (Fsp3) is 0.375. The fourth-order valence-corrected chi connectivity index (χ4v) is 0.957. The van der Waals surface area contributed by atoms with E-state index in [1.54, 1.807) is 19.4 Å². The number of hydrogen-bond acceptors (Lipinski definition) is 3. The van der Waals surface area contributed by atoms with Crippen molar-refractivity contribution in [3.05, 3.63) is 23.5 Å². The first-order valence-corrected chi connectivity index (χ1v) is 3.39. The first-order valence-electron chi connectivity index (χ1n) is 3.39. The molecule has 0 bridgehead atoms. The summed E-state index contributed by atoms with van der Waals surface area (Å²) in [6, 6.07) is 1.73. The molecule has 1 heterocycles. The molecule has 3 heteroatoms. The topological polar surface area (TPSA) is 42.4 Å². The zero-order valence-corrected chi connectivity index (χ0v) is 6.66. The second-order valence-corrected chi connectivity index (χ2v) is 2.24. The van der Waals surface area contributed by atoms with Crippen LogP contribution < -0.4 is 4.74 Å². The Bertz CT molecular complexity index is 248. The Morgan fingerprint density at radius 3 is 2.82 bits per heavy atom.